The summed E-state index contributed by atoms with van der Waals surface area (Å²) in [6.07, 6.45) is 14.1. The van der Waals surface area contributed by atoms with Crippen LogP contribution >= 0.6 is 0 Å². The van der Waals surface area contributed by atoms with Crippen LogP contribution in [0.1, 0.15) is 132 Å². The van der Waals surface area contributed by atoms with Crippen molar-refractivity contribution in [2.24, 2.45) is 35.5 Å². The molecule has 1 aliphatic carbocycles. The van der Waals surface area contributed by atoms with Crippen LogP contribution in [0.25, 0.3) is 0 Å². The number of rotatable bonds is 7. The molecule has 2 N–H and O–H groups in total. The van der Waals surface area contributed by atoms with Crippen LogP contribution in [-0.2, 0) is 47.6 Å². The average molecular weight is 914 g/mol. The van der Waals surface area contributed by atoms with E-state index >= 15 is 0 Å². The molecule has 3 fully saturated rings. The van der Waals surface area contributed by atoms with Gasteiger partial charge in [0.2, 0.25) is 5.91 Å². The molecule has 0 aromatic rings. The number of amides is 1. The summed E-state index contributed by atoms with van der Waals surface area (Å²) < 4.78 is 36.4. The van der Waals surface area contributed by atoms with Crippen molar-refractivity contribution in [1.82, 2.24) is 4.90 Å². The fourth-order valence-electron chi connectivity index (χ4n) is 10.5. The zero-order valence-electron chi connectivity index (χ0n) is 41.4. The molecule has 3 aliphatic heterocycles. The molecule has 0 aromatic heterocycles. The number of Topliss-reactive ketones (excluding diaryl/α,β-unsaturated/α-hetero) is 2. The number of ether oxygens (including phenoxy) is 6. The normalized spacial score (nSPS) is 39.1. The highest BCUT2D eigenvalue weighted by Crippen LogP contribution is 2.41. The summed E-state index contributed by atoms with van der Waals surface area (Å²) in [5, 5.41) is 22.0. The highest BCUT2D eigenvalue weighted by atomic mass is 16.7. The quantitative estimate of drug-likeness (QED) is 0.190. The van der Waals surface area contributed by atoms with Gasteiger partial charge in [-0.2, -0.15) is 0 Å². The number of hydrogen-bond acceptors (Lipinski definition) is 12. The van der Waals surface area contributed by atoms with Crippen molar-refractivity contribution in [2.75, 3.05) is 35.0 Å². The second-order valence-corrected chi connectivity index (χ2v) is 19.8. The van der Waals surface area contributed by atoms with Gasteiger partial charge in [-0.15, -0.1) is 0 Å². The minimum Gasteiger partial charge on any atom is -0.460 e. The van der Waals surface area contributed by atoms with Crippen molar-refractivity contribution >= 4 is 23.4 Å². The van der Waals surface area contributed by atoms with Gasteiger partial charge >= 0.3 is 5.97 Å². The number of ketones is 2. The van der Waals surface area contributed by atoms with Gasteiger partial charge in [-0.25, -0.2) is 4.79 Å². The first-order valence-corrected chi connectivity index (χ1v) is 24.3. The van der Waals surface area contributed by atoms with Crippen molar-refractivity contribution in [2.45, 2.75) is 186 Å². The maximum absolute atomic E-state index is 14.5. The summed E-state index contributed by atoms with van der Waals surface area (Å²) in [5.74, 6) is -3.62. The third kappa shape index (κ3) is 15.0. The lowest BCUT2D eigenvalue weighted by molar-refractivity contribution is -0.297. The molecule has 1 amide bonds. The highest BCUT2D eigenvalue weighted by molar-refractivity contribution is 5.87. The van der Waals surface area contributed by atoms with Crippen LogP contribution in [0.4, 0.5) is 0 Å². The van der Waals surface area contributed by atoms with Gasteiger partial charge < -0.3 is 43.5 Å². The number of hydrogen-bond donors (Lipinski definition) is 2. The van der Waals surface area contributed by atoms with Crippen molar-refractivity contribution < 1.29 is 57.8 Å². The van der Waals surface area contributed by atoms with Crippen LogP contribution in [0.15, 0.2) is 47.6 Å². The van der Waals surface area contributed by atoms with Gasteiger partial charge in [0.15, 0.2) is 11.6 Å². The average Bonchev–Trinajstić information content (AvgIpc) is 3.28. The predicted octanol–water partition coefficient (Wildman–Crippen LogP) is 7.66. The van der Waals surface area contributed by atoms with Gasteiger partial charge in [0, 0.05) is 65.6 Å². The number of esters is 1. The van der Waals surface area contributed by atoms with Crippen molar-refractivity contribution in [3.8, 4) is 0 Å². The van der Waals surface area contributed by atoms with E-state index in [1.54, 1.807) is 46.2 Å². The Kier molecular flexibility index (Phi) is 21.8. The Morgan fingerprint density at radius 1 is 0.846 bits per heavy atom. The topological polar surface area (TPSA) is 167 Å². The first-order chi connectivity index (χ1) is 30.9. The fraction of sp³-hybridized carbons (Fsp3) is 0.769. The van der Waals surface area contributed by atoms with Gasteiger partial charge in [0.25, 0.3) is 0 Å². The Morgan fingerprint density at radius 2 is 1.58 bits per heavy atom. The lowest BCUT2D eigenvalue weighted by Crippen LogP contribution is -2.55. The van der Waals surface area contributed by atoms with Gasteiger partial charge in [0.05, 0.1) is 30.8 Å². The third-order valence-electron chi connectivity index (χ3n) is 14.9. The molecule has 3 heterocycles. The second kappa shape index (κ2) is 25.9. The zero-order chi connectivity index (χ0) is 48.0. The van der Waals surface area contributed by atoms with Crippen LogP contribution in [0.3, 0.4) is 0 Å². The van der Waals surface area contributed by atoms with Crippen LogP contribution < -0.4 is 0 Å². The van der Waals surface area contributed by atoms with Gasteiger partial charge in [-0.3, -0.25) is 14.4 Å². The van der Waals surface area contributed by atoms with E-state index < -0.39 is 54.0 Å². The number of piperidine rings is 1. The van der Waals surface area contributed by atoms with Crippen molar-refractivity contribution in [1.29, 1.82) is 0 Å². The third-order valence-corrected chi connectivity index (χ3v) is 14.9. The molecule has 15 atom stereocenters. The summed E-state index contributed by atoms with van der Waals surface area (Å²) in [6.45, 7) is 13.7. The van der Waals surface area contributed by atoms with E-state index in [1.165, 1.54) is 7.11 Å². The fourth-order valence-corrected chi connectivity index (χ4v) is 10.5. The summed E-state index contributed by atoms with van der Waals surface area (Å²) in [6, 6.07) is -0.847. The van der Waals surface area contributed by atoms with Crippen LogP contribution in [-0.4, -0.2) is 128 Å². The zero-order valence-corrected chi connectivity index (χ0v) is 41.4. The van der Waals surface area contributed by atoms with Gasteiger partial charge in [-0.1, -0.05) is 71.1 Å². The summed E-state index contributed by atoms with van der Waals surface area (Å²) in [4.78, 5) is 58.4. The van der Waals surface area contributed by atoms with Crippen LogP contribution in [0.5, 0.6) is 0 Å². The van der Waals surface area contributed by atoms with E-state index in [4.69, 9.17) is 28.4 Å². The van der Waals surface area contributed by atoms with Crippen molar-refractivity contribution in [3.63, 3.8) is 0 Å². The summed E-state index contributed by atoms with van der Waals surface area (Å²) in [7, 11) is 6.26. The Hall–Kier alpha value is -3.04. The van der Waals surface area contributed by atoms with Gasteiger partial charge in [-0.05, 0) is 107 Å². The minimum absolute atomic E-state index is 0.0606. The molecule has 2 bridgehead atoms. The van der Waals surface area contributed by atoms with Crippen LogP contribution in [0.2, 0.25) is 0 Å². The number of fused-ring (bicyclic) bond motifs is 3. The van der Waals surface area contributed by atoms with E-state index in [0.717, 1.165) is 37.7 Å². The Balaban J connectivity index is 1.69. The number of aliphatic hydroxyl groups excluding tert-OH is 2. The van der Waals surface area contributed by atoms with Crippen LogP contribution in [0, 0.1) is 35.5 Å². The van der Waals surface area contributed by atoms with E-state index in [1.807, 2.05) is 65.0 Å². The van der Waals surface area contributed by atoms with E-state index in [2.05, 4.69) is 0 Å². The van der Waals surface area contributed by atoms with Crippen molar-refractivity contribution in [3.05, 3.63) is 47.6 Å². The Morgan fingerprint density at radius 3 is 2.26 bits per heavy atom. The number of methoxy groups -OCH3 is 4. The molecular weight excluding hydrogens is 831 g/mol. The Bertz CT molecular complexity index is 1690. The first kappa shape index (κ1) is 54.6. The van der Waals surface area contributed by atoms with E-state index in [9.17, 15) is 29.4 Å². The molecule has 0 spiro atoms. The lowest BCUT2D eigenvalue weighted by Gasteiger charge is -2.46. The Labute approximate surface area is 389 Å². The standard InChI is InChI=1S/C52H83NO12/c1-32-17-13-12-14-18-33(2)44(60-8)29-40-22-20-38(7)52(63-11,65-40)31-47(56)53-24-16-15-19-41(53)51(59)64-45(35(4)27-39-21-23-42(54)46(28-39)61-9)30-43(55)34(3)26-37(6)49(58)50(62-10)48(57)36(5)25-32/h12-14,17-18,26,32,34-36,38-42,44-46,49-50,54,58H,15-16,19-25,27-31H2,1-11H3/b14-12?,17-13+,33-18?,37-26+. The lowest BCUT2D eigenvalue weighted by atomic mass is 9.78. The molecule has 1 saturated carbocycles. The number of aliphatic hydroxyl groups is 2. The molecule has 13 heteroatoms. The summed E-state index contributed by atoms with van der Waals surface area (Å²) in [5.41, 5.74) is 1.44. The SMILES string of the molecule is COC1CC2CCC(C)C(OC)(CC(=O)N3CCCCC3C(=O)OC(C(C)CC3CCC(O)C(OC)C3)CC(=O)C(C)/C=C(\C)C(O)C(OC)C(=O)C(C)CC(C)/C=C/C=CC=C1C)O2. The summed E-state index contributed by atoms with van der Waals surface area (Å²) >= 11 is 0. The number of allylic oxidation sites excluding steroid dienone is 6. The number of cyclic esters (lactones) is 1. The molecule has 65 heavy (non-hydrogen) atoms. The molecule has 0 radical (unpaired) electrons. The maximum atomic E-state index is 14.5. The minimum atomic E-state index is -1.27. The second-order valence-electron chi connectivity index (χ2n) is 19.8. The molecule has 368 valence electrons. The first-order valence-electron chi connectivity index (χ1n) is 24.3. The number of carbonyl (C=O) groups is 4. The molecule has 4 aliphatic rings. The predicted molar refractivity (Wildman–Crippen MR) is 250 cm³/mol. The van der Waals surface area contributed by atoms with Gasteiger partial charge in [0.1, 0.15) is 30.1 Å². The molecule has 2 saturated heterocycles. The van der Waals surface area contributed by atoms with E-state index in [-0.39, 0.29) is 72.3 Å². The largest absolute Gasteiger partial charge is 0.460 e. The maximum Gasteiger partial charge on any atom is 0.329 e. The molecule has 15 unspecified atom stereocenters. The monoisotopic (exact) mass is 914 g/mol. The molecule has 13 nitrogen and oxygen atoms in total. The molecule has 0 aromatic carbocycles. The molecule has 4 rings (SSSR count). The van der Waals surface area contributed by atoms with E-state index in [0.29, 0.717) is 50.6 Å². The highest BCUT2D eigenvalue weighted by Gasteiger charge is 2.48. The smallest absolute Gasteiger partial charge is 0.329 e. The number of nitrogens with zero attached hydrogens (tertiary/aromatic N) is 1. The number of carbonyl (C=O) groups excluding carboxylic acids is 4. The molecular formula is C52H83NO12.